The molecule has 0 aromatic rings. The molecule has 0 amide bonds. The van der Waals surface area contributed by atoms with Gasteiger partial charge in [0.05, 0.1) is 6.26 Å². The zero-order chi connectivity index (χ0) is 5.70. The van der Waals surface area contributed by atoms with Gasteiger partial charge in [0.2, 0.25) is 0 Å². The maximum atomic E-state index is 9.58. The maximum Gasteiger partial charge on any atom is 0.191 e. The lowest BCUT2D eigenvalue weighted by Crippen LogP contribution is -1.86. The summed E-state index contributed by atoms with van der Waals surface area (Å²) in [6, 6.07) is 0. The van der Waals surface area contributed by atoms with Crippen LogP contribution >= 0.6 is 8.46 Å². The number of aliphatic hydroxyl groups is 2. The largest absolute Gasteiger partial charge is 0.516 e. The molecule has 0 aromatic heterocycles. The van der Waals surface area contributed by atoms with E-state index in [1.54, 1.807) is 0 Å². The van der Waals surface area contributed by atoms with E-state index in [0.717, 1.165) is 6.08 Å². The highest BCUT2D eigenvalue weighted by molar-refractivity contribution is 7.24. The van der Waals surface area contributed by atoms with Crippen LogP contribution in [0.5, 0.6) is 0 Å². The Bertz CT molecular complexity index is 80.2. The number of hydrogen-bond acceptors (Lipinski definition) is 3. The van der Waals surface area contributed by atoms with Crippen LogP contribution < -0.4 is 0 Å². The summed E-state index contributed by atoms with van der Waals surface area (Å²) in [7, 11) is -0.397. The second-order valence-corrected chi connectivity index (χ2v) is 1.60. The Kier molecular flexibility index (Phi) is 3.56. The third-order valence-corrected chi connectivity index (χ3v) is 0.754. The third-order valence-electron chi connectivity index (χ3n) is 0.366. The molecule has 0 spiro atoms. The summed E-state index contributed by atoms with van der Waals surface area (Å²) in [6.07, 6.45) is 1.66. The van der Waals surface area contributed by atoms with Gasteiger partial charge in [0.15, 0.2) is 14.3 Å². The molecule has 0 radical (unpaired) electrons. The summed E-state index contributed by atoms with van der Waals surface area (Å²) in [5.74, 6) is -1.06. The molecule has 0 heterocycles. The molecule has 2 N–H and O–H groups in total. The van der Waals surface area contributed by atoms with Crippen LogP contribution in [0.15, 0.2) is 12.3 Å². The number of aliphatic hydroxyl groups excluding tert-OH is 2. The van der Waals surface area contributed by atoms with Gasteiger partial charge in [-0.1, -0.05) is 0 Å². The monoisotopic (exact) mass is 120 g/mol. The van der Waals surface area contributed by atoms with E-state index in [0.29, 0.717) is 6.26 Å². The van der Waals surface area contributed by atoms with E-state index in [9.17, 15) is 4.57 Å². The number of hydrogen-bond donors (Lipinski definition) is 2. The fourth-order valence-corrected chi connectivity index (χ4v) is 0.259. The fourth-order valence-electron chi connectivity index (χ4n) is 0.112. The quantitative estimate of drug-likeness (QED) is 0.416. The SMILES string of the molecule is O=PC(O)C=CO. The van der Waals surface area contributed by atoms with Crippen LogP contribution in [-0.4, -0.2) is 16.1 Å². The van der Waals surface area contributed by atoms with Crippen molar-refractivity contribution in [2.45, 2.75) is 5.85 Å². The third kappa shape index (κ3) is 3.43. The van der Waals surface area contributed by atoms with Gasteiger partial charge in [0, 0.05) is 0 Å². The van der Waals surface area contributed by atoms with Gasteiger partial charge in [-0.15, -0.1) is 0 Å². The Labute approximate surface area is 42.5 Å². The Balaban J connectivity index is 3.35. The molecule has 0 aliphatic rings. The van der Waals surface area contributed by atoms with Crippen LogP contribution in [-0.2, 0) is 4.57 Å². The van der Waals surface area contributed by atoms with Crippen molar-refractivity contribution >= 4 is 8.46 Å². The molecule has 0 fully saturated rings. The lowest BCUT2D eigenvalue weighted by atomic mass is 10.7. The zero-order valence-electron chi connectivity index (χ0n) is 3.48. The Morgan fingerprint density at radius 3 is 2.43 bits per heavy atom. The molecule has 0 bridgehead atoms. The van der Waals surface area contributed by atoms with Gasteiger partial charge in [-0.3, -0.25) is 4.57 Å². The van der Waals surface area contributed by atoms with E-state index in [2.05, 4.69) is 0 Å². The topological polar surface area (TPSA) is 57.5 Å². The maximum absolute atomic E-state index is 9.58. The lowest BCUT2D eigenvalue weighted by molar-refractivity contribution is 0.297. The predicted octanol–water partition coefficient (Wildman–Crippen LogP) is 0.668. The normalized spacial score (nSPS) is 15.6. The molecule has 0 aliphatic heterocycles. The van der Waals surface area contributed by atoms with Crippen LogP contribution in [0.2, 0.25) is 0 Å². The molecule has 0 aliphatic carbocycles. The standard InChI is InChI=1S/C3H5O3P/c4-2-1-3(5)7-6/h1-5H. The average Bonchev–Trinajstić information content (AvgIpc) is 1.68. The highest BCUT2D eigenvalue weighted by Gasteiger charge is 1.91. The molecule has 3 nitrogen and oxygen atoms in total. The Hall–Kier alpha value is -0.400. The van der Waals surface area contributed by atoms with Gasteiger partial charge in [-0.05, 0) is 6.08 Å². The molecule has 1 atom stereocenters. The minimum absolute atomic E-state index is 0.397. The first-order valence-electron chi connectivity index (χ1n) is 1.62. The summed E-state index contributed by atoms with van der Waals surface area (Å²) in [5.41, 5.74) is 0. The van der Waals surface area contributed by atoms with Crippen LogP contribution in [0, 0.1) is 0 Å². The van der Waals surface area contributed by atoms with Crippen LogP contribution in [0.1, 0.15) is 0 Å². The van der Waals surface area contributed by atoms with E-state index in [4.69, 9.17) is 10.2 Å². The van der Waals surface area contributed by atoms with Crippen molar-refractivity contribution in [1.82, 2.24) is 0 Å². The van der Waals surface area contributed by atoms with Crippen molar-refractivity contribution < 1.29 is 14.8 Å². The molecule has 40 valence electrons. The van der Waals surface area contributed by atoms with Gasteiger partial charge in [-0.2, -0.15) is 0 Å². The summed E-state index contributed by atoms with van der Waals surface area (Å²) >= 11 is 0. The van der Waals surface area contributed by atoms with Crippen LogP contribution in [0.3, 0.4) is 0 Å². The van der Waals surface area contributed by atoms with Gasteiger partial charge in [0.25, 0.3) is 0 Å². The molecule has 0 aromatic carbocycles. The first-order valence-corrected chi connectivity index (χ1v) is 2.51. The van der Waals surface area contributed by atoms with Crippen molar-refractivity contribution in [2.75, 3.05) is 0 Å². The van der Waals surface area contributed by atoms with Gasteiger partial charge in [0.1, 0.15) is 0 Å². The number of rotatable bonds is 2. The van der Waals surface area contributed by atoms with E-state index >= 15 is 0 Å². The van der Waals surface area contributed by atoms with Crippen LogP contribution in [0.4, 0.5) is 0 Å². The molecule has 0 saturated carbocycles. The van der Waals surface area contributed by atoms with Crippen molar-refractivity contribution in [3.05, 3.63) is 12.3 Å². The molecule has 7 heavy (non-hydrogen) atoms. The van der Waals surface area contributed by atoms with Gasteiger partial charge in [-0.25, -0.2) is 0 Å². The van der Waals surface area contributed by atoms with E-state index in [1.165, 1.54) is 0 Å². The van der Waals surface area contributed by atoms with E-state index in [-0.39, 0.29) is 0 Å². The van der Waals surface area contributed by atoms with Crippen molar-refractivity contribution in [3.63, 3.8) is 0 Å². The highest BCUT2D eigenvalue weighted by Crippen LogP contribution is 2.01. The van der Waals surface area contributed by atoms with Crippen LogP contribution in [0.25, 0.3) is 0 Å². The van der Waals surface area contributed by atoms with Crippen molar-refractivity contribution in [3.8, 4) is 0 Å². The highest BCUT2D eigenvalue weighted by atomic mass is 31.1. The second-order valence-electron chi connectivity index (χ2n) is 0.861. The minimum atomic E-state index is -1.06. The van der Waals surface area contributed by atoms with Gasteiger partial charge >= 0.3 is 0 Å². The van der Waals surface area contributed by atoms with E-state index < -0.39 is 14.3 Å². The summed E-state index contributed by atoms with van der Waals surface area (Å²) < 4.78 is 9.58. The van der Waals surface area contributed by atoms with Crippen molar-refractivity contribution in [1.29, 1.82) is 0 Å². The fraction of sp³-hybridized carbons (Fsp3) is 0.333. The summed E-state index contributed by atoms with van der Waals surface area (Å²) in [6.45, 7) is 0. The Morgan fingerprint density at radius 2 is 2.29 bits per heavy atom. The molecular weight excluding hydrogens is 115 g/mol. The molecular formula is C3H5O3P. The first-order chi connectivity index (χ1) is 3.31. The first kappa shape index (κ1) is 6.60. The zero-order valence-corrected chi connectivity index (χ0v) is 4.38. The van der Waals surface area contributed by atoms with Crippen molar-refractivity contribution in [2.24, 2.45) is 0 Å². The average molecular weight is 120 g/mol. The summed E-state index contributed by atoms with van der Waals surface area (Å²) in [4.78, 5) is 0. The smallest absolute Gasteiger partial charge is 0.191 e. The van der Waals surface area contributed by atoms with Gasteiger partial charge < -0.3 is 10.2 Å². The second kappa shape index (κ2) is 3.78. The molecule has 4 heteroatoms. The minimum Gasteiger partial charge on any atom is -0.516 e. The Morgan fingerprint density at radius 1 is 1.71 bits per heavy atom. The lowest BCUT2D eigenvalue weighted by Gasteiger charge is -1.83. The van der Waals surface area contributed by atoms with E-state index in [1.807, 2.05) is 0 Å². The molecule has 0 saturated heterocycles. The molecule has 0 rings (SSSR count). The summed E-state index contributed by atoms with van der Waals surface area (Å²) in [5, 5.41) is 16.2. The molecule has 1 unspecified atom stereocenters. The predicted molar refractivity (Wildman–Crippen MR) is 25.4 cm³/mol.